The van der Waals surface area contributed by atoms with Crippen molar-refractivity contribution in [1.82, 2.24) is 29.1 Å². The second-order valence-electron chi connectivity index (χ2n) is 7.56. The quantitative estimate of drug-likeness (QED) is 0.442. The molecule has 0 aromatic carbocycles. The van der Waals surface area contributed by atoms with Crippen molar-refractivity contribution in [2.45, 2.75) is 65.1 Å². The van der Waals surface area contributed by atoms with E-state index < -0.39 is 0 Å². The number of aliphatic imine (C=N–C) groups is 1. The van der Waals surface area contributed by atoms with Crippen molar-refractivity contribution in [1.29, 1.82) is 0 Å². The number of hydrogen-bond acceptors (Lipinski definition) is 7. The number of fused-ring (bicyclic) bond motifs is 1. The van der Waals surface area contributed by atoms with Crippen LogP contribution in [0.5, 0.6) is 0 Å². The summed E-state index contributed by atoms with van der Waals surface area (Å²) in [5.74, 6) is 0.971. The van der Waals surface area contributed by atoms with Gasteiger partial charge >= 0.3 is 5.69 Å². The minimum Gasteiger partial charge on any atom is -0.343 e. The lowest BCUT2D eigenvalue weighted by Crippen LogP contribution is -2.41. The Balaban J connectivity index is 1.47. The number of nitrogens with zero attached hydrogens (tertiary/aromatic N) is 7. The Morgan fingerprint density at radius 1 is 1.16 bits per heavy atom. The van der Waals surface area contributed by atoms with E-state index in [9.17, 15) is 9.59 Å². The van der Waals surface area contributed by atoms with Crippen LogP contribution in [0.25, 0.3) is 0 Å². The van der Waals surface area contributed by atoms with E-state index in [0.29, 0.717) is 54.9 Å². The number of halogens is 1. The number of unbranched alkanes of at least 4 members (excludes halogenated alkanes) is 2. The van der Waals surface area contributed by atoms with Gasteiger partial charge in [0, 0.05) is 25.7 Å². The fraction of sp³-hybridized carbons (Fsp3) is 0.500. The molecule has 0 bridgehead atoms. The van der Waals surface area contributed by atoms with Crippen molar-refractivity contribution in [2.75, 3.05) is 0 Å². The lowest BCUT2D eigenvalue weighted by molar-refractivity contribution is 0.407. The molecule has 0 saturated carbocycles. The first-order chi connectivity index (χ1) is 15.1. The topological polar surface area (TPSA) is 113 Å². The molecule has 0 fully saturated rings. The predicted molar refractivity (Wildman–Crippen MR) is 115 cm³/mol. The maximum absolute atomic E-state index is 13.0. The van der Waals surface area contributed by atoms with Gasteiger partial charge < -0.3 is 4.52 Å². The summed E-state index contributed by atoms with van der Waals surface area (Å²) in [6.07, 6.45) is 9.45. The van der Waals surface area contributed by atoms with E-state index >= 15 is 0 Å². The lowest BCUT2D eigenvalue weighted by Gasteiger charge is -2.14. The zero-order valence-corrected chi connectivity index (χ0v) is 18.1. The molecule has 0 saturated heterocycles. The molecule has 10 nitrogen and oxygen atoms in total. The summed E-state index contributed by atoms with van der Waals surface area (Å²) >= 11 is 6.09. The van der Waals surface area contributed by atoms with E-state index in [1.165, 1.54) is 11.0 Å². The average Bonchev–Trinajstić information content (AvgIpc) is 3.49. The molecule has 3 aromatic heterocycles. The molecular weight excluding hydrogens is 422 g/mol. The fourth-order valence-electron chi connectivity index (χ4n) is 3.72. The van der Waals surface area contributed by atoms with Gasteiger partial charge in [0.2, 0.25) is 6.39 Å². The molecule has 0 spiro atoms. The predicted octanol–water partition coefficient (Wildman–Crippen LogP) is 2.29. The van der Waals surface area contributed by atoms with Crippen LogP contribution >= 0.6 is 11.6 Å². The van der Waals surface area contributed by atoms with Crippen LogP contribution in [0.15, 0.2) is 37.9 Å². The SMILES string of the molecule is CCCCCn1c2c(c(=O)n(CCCc3cnn(Cc4ncon4)c3)c1=O)CC(Cl)=N2. The summed E-state index contributed by atoms with van der Waals surface area (Å²) in [5.41, 5.74) is 0.906. The average molecular weight is 446 g/mol. The largest absolute Gasteiger partial charge is 0.343 e. The van der Waals surface area contributed by atoms with Crippen LogP contribution in [0.4, 0.5) is 5.82 Å². The van der Waals surface area contributed by atoms with Gasteiger partial charge in [-0.15, -0.1) is 0 Å². The third kappa shape index (κ3) is 4.68. The van der Waals surface area contributed by atoms with Gasteiger partial charge in [-0.1, -0.05) is 36.5 Å². The molecule has 3 aromatic rings. The maximum Gasteiger partial charge on any atom is 0.332 e. The highest BCUT2D eigenvalue weighted by atomic mass is 35.5. The number of aromatic nitrogens is 6. The minimum atomic E-state index is -0.317. The van der Waals surface area contributed by atoms with Gasteiger partial charge in [-0.05, 0) is 24.8 Å². The number of rotatable bonds is 10. The standard InChI is InChI=1S/C20H24ClN7O3/c1-2-3-4-7-27-18-15(9-16(21)24-18)19(29)28(20(27)30)8-5-6-14-10-23-26(11-14)12-17-22-13-31-25-17/h10-11,13H,2-9,12H2,1H3. The molecule has 0 atom stereocenters. The molecule has 31 heavy (non-hydrogen) atoms. The minimum absolute atomic E-state index is 0.284. The molecule has 11 heteroatoms. The first-order valence-electron chi connectivity index (χ1n) is 10.4. The van der Waals surface area contributed by atoms with Gasteiger partial charge in [0.1, 0.15) is 17.5 Å². The molecule has 1 aliphatic heterocycles. The summed E-state index contributed by atoms with van der Waals surface area (Å²) in [7, 11) is 0. The van der Waals surface area contributed by atoms with Gasteiger partial charge in [-0.25, -0.2) is 9.79 Å². The lowest BCUT2D eigenvalue weighted by atomic mass is 10.2. The molecule has 0 radical (unpaired) electrons. The highest BCUT2D eigenvalue weighted by molar-refractivity contribution is 6.66. The van der Waals surface area contributed by atoms with E-state index in [0.717, 1.165) is 24.8 Å². The van der Waals surface area contributed by atoms with E-state index in [4.69, 9.17) is 16.1 Å². The van der Waals surface area contributed by atoms with E-state index in [-0.39, 0.29) is 17.7 Å². The van der Waals surface area contributed by atoms with Gasteiger partial charge in [0.25, 0.3) is 5.56 Å². The number of hydrogen-bond donors (Lipinski definition) is 0. The van der Waals surface area contributed by atoms with Crippen molar-refractivity contribution in [3.63, 3.8) is 0 Å². The molecule has 1 aliphatic rings. The smallest absolute Gasteiger partial charge is 0.332 e. The van der Waals surface area contributed by atoms with Gasteiger partial charge in [-0.3, -0.25) is 18.6 Å². The normalized spacial score (nSPS) is 12.9. The Kier molecular flexibility index (Phi) is 6.45. The van der Waals surface area contributed by atoms with Crippen LogP contribution < -0.4 is 11.2 Å². The number of aryl methyl sites for hydroxylation is 1. The van der Waals surface area contributed by atoms with E-state index in [2.05, 4.69) is 27.2 Å². The summed E-state index contributed by atoms with van der Waals surface area (Å²) in [4.78, 5) is 34.2. The maximum atomic E-state index is 13.0. The van der Waals surface area contributed by atoms with E-state index in [1.54, 1.807) is 15.4 Å². The molecule has 0 unspecified atom stereocenters. The first kappa shape index (κ1) is 21.2. The van der Waals surface area contributed by atoms with Crippen LogP contribution in [0.3, 0.4) is 0 Å². The Bertz CT molecular complexity index is 1190. The van der Waals surface area contributed by atoms with Crippen molar-refractivity contribution in [3.05, 3.63) is 56.6 Å². The van der Waals surface area contributed by atoms with Crippen molar-refractivity contribution in [2.24, 2.45) is 4.99 Å². The molecule has 4 rings (SSSR count). The summed E-state index contributed by atoms with van der Waals surface area (Å²) in [6, 6.07) is 0. The first-order valence-corrected chi connectivity index (χ1v) is 10.8. The van der Waals surface area contributed by atoms with E-state index in [1.807, 2.05) is 6.20 Å². The highest BCUT2D eigenvalue weighted by Crippen LogP contribution is 2.24. The second kappa shape index (κ2) is 9.42. The highest BCUT2D eigenvalue weighted by Gasteiger charge is 2.24. The van der Waals surface area contributed by atoms with Crippen LogP contribution in [0.2, 0.25) is 0 Å². The molecule has 0 N–H and O–H groups in total. The Morgan fingerprint density at radius 2 is 2.00 bits per heavy atom. The Hall–Kier alpha value is -3.01. The van der Waals surface area contributed by atoms with Crippen molar-refractivity contribution < 1.29 is 4.52 Å². The van der Waals surface area contributed by atoms with Crippen molar-refractivity contribution in [3.8, 4) is 0 Å². The fourth-order valence-corrected chi connectivity index (χ4v) is 3.93. The van der Waals surface area contributed by atoms with Crippen LogP contribution in [-0.4, -0.2) is 34.2 Å². The Labute approximate surface area is 183 Å². The zero-order chi connectivity index (χ0) is 21.8. The van der Waals surface area contributed by atoms with Gasteiger partial charge in [0.15, 0.2) is 5.82 Å². The summed E-state index contributed by atoms with van der Waals surface area (Å²) in [6.45, 7) is 3.38. The monoisotopic (exact) mass is 445 g/mol. The molecule has 4 heterocycles. The van der Waals surface area contributed by atoms with Crippen LogP contribution in [0.1, 0.15) is 49.6 Å². The second-order valence-corrected chi connectivity index (χ2v) is 8.00. The molecular formula is C20H24ClN7O3. The van der Waals surface area contributed by atoms with Gasteiger partial charge in [0.05, 0.1) is 11.8 Å². The third-order valence-electron chi connectivity index (χ3n) is 5.27. The Morgan fingerprint density at radius 3 is 2.77 bits per heavy atom. The van der Waals surface area contributed by atoms with Gasteiger partial charge in [-0.2, -0.15) is 10.1 Å². The van der Waals surface area contributed by atoms with Crippen LogP contribution in [-0.2, 0) is 32.5 Å². The summed E-state index contributed by atoms with van der Waals surface area (Å²) in [5, 5.41) is 8.41. The molecule has 164 valence electrons. The molecule has 0 amide bonds. The third-order valence-corrected chi connectivity index (χ3v) is 5.49. The summed E-state index contributed by atoms with van der Waals surface area (Å²) < 4.78 is 9.37. The van der Waals surface area contributed by atoms with Crippen molar-refractivity contribution >= 4 is 22.6 Å². The van der Waals surface area contributed by atoms with Crippen LogP contribution in [0, 0.1) is 0 Å². The zero-order valence-electron chi connectivity index (χ0n) is 17.3. The molecule has 0 aliphatic carbocycles.